The molecule has 2 rings (SSSR count). The van der Waals surface area contributed by atoms with Gasteiger partial charge in [-0.25, -0.2) is 0 Å². The van der Waals surface area contributed by atoms with E-state index in [-0.39, 0.29) is 5.54 Å². The van der Waals surface area contributed by atoms with Crippen LogP contribution in [0, 0.1) is 17.2 Å². The van der Waals surface area contributed by atoms with Crippen LogP contribution in [0.25, 0.3) is 0 Å². The van der Waals surface area contributed by atoms with Gasteiger partial charge in [0.1, 0.15) is 5.54 Å². The zero-order chi connectivity index (χ0) is 13.7. The first-order valence-corrected chi connectivity index (χ1v) is 8.06. The van der Waals surface area contributed by atoms with Gasteiger partial charge in [0.2, 0.25) is 0 Å². The van der Waals surface area contributed by atoms with Crippen molar-refractivity contribution in [2.24, 2.45) is 5.92 Å². The fourth-order valence-corrected chi connectivity index (χ4v) is 3.25. The lowest BCUT2D eigenvalue weighted by molar-refractivity contribution is 0.294. The van der Waals surface area contributed by atoms with E-state index >= 15 is 0 Å². The number of hydrogen-bond donors (Lipinski definition) is 1. The van der Waals surface area contributed by atoms with Crippen molar-refractivity contribution in [1.29, 1.82) is 5.26 Å². The summed E-state index contributed by atoms with van der Waals surface area (Å²) in [7, 11) is 0. The van der Waals surface area contributed by atoms with Gasteiger partial charge in [-0.15, -0.1) is 0 Å². The Balaban J connectivity index is 1.64. The van der Waals surface area contributed by atoms with E-state index in [4.69, 9.17) is 0 Å². The van der Waals surface area contributed by atoms with Gasteiger partial charge in [0.15, 0.2) is 0 Å². The smallest absolute Gasteiger partial charge is 0.104 e. The van der Waals surface area contributed by atoms with Gasteiger partial charge < -0.3 is 4.90 Å². The van der Waals surface area contributed by atoms with Gasteiger partial charge in [-0.05, 0) is 64.5 Å². The number of nitriles is 1. The van der Waals surface area contributed by atoms with Gasteiger partial charge >= 0.3 is 0 Å². The molecule has 2 fully saturated rings. The molecule has 1 N–H and O–H groups in total. The molecule has 1 heterocycles. The normalized spacial score (nSPS) is 27.1. The predicted molar refractivity (Wildman–Crippen MR) is 78.9 cm³/mol. The second-order valence-electron chi connectivity index (χ2n) is 6.71. The molecule has 0 bridgehead atoms. The minimum Gasteiger partial charge on any atom is -0.303 e. The summed E-state index contributed by atoms with van der Waals surface area (Å²) in [6.45, 7) is 8.07. The van der Waals surface area contributed by atoms with Crippen molar-refractivity contribution in [3.63, 3.8) is 0 Å². The fraction of sp³-hybridized carbons (Fsp3) is 0.938. The zero-order valence-corrected chi connectivity index (χ0v) is 12.6. The van der Waals surface area contributed by atoms with Crippen molar-refractivity contribution in [2.75, 3.05) is 19.6 Å². The van der Waals surface area contributed by atoms with E-state index in [0.717, 1.165) is 18.8 Å². The molecule has 1 saturated carbocycles. The summed E-state index contributed by atoms with van der Waals surface area (Å²) in [5.41, 5.74) is -0.302. The number of rotatable bonds is 8. The first kappa shape index (κ1) is 14.8. The first-order chi connectivity index (χ1) is 9.15. The van der Waals surface area contributed by atoms with Gasteiger partial charge in [-0.1, -0.05) is 13.3 Å². The van der Waals surface area contributed by atoms with Crippen LogP contribution in [0.3, 0.4) is 0 Å². The molecule has 2 atom stereocenters. The highest BCUT2D eigenvalue weighted by Crippen LogP contribution is 2.25. The van der Waals surface area contributed by atoms with Crippen LogP contribution in [-0.4, -0.2) is 36.1 Å². The monoisotopic (exact) mass is 263 g/mol. The Hall–Kier alpha value is -0.590. The largest absolute Gasteiger partial charge is 0.303 e. The highest BCUT2D eigenvalue weighted by molar-refractivity contribution is 5.07. The van der Waals surface area contributed by atoms with E-state index in [2.05, 4.69) is 30.1 Å². The zero-order valence-electron chi connectivity index (χ0n) is 12.6. The van der Waals surface area contributed by atoms with Crippen LogP contribution in [0.1, 0.15) is 58.8 Å². The second-order valence-corrected chi connectivity index (χ2v) is 6.71. The Labute approximate surface area is 118 Å². The number of nitrogens with zero attached hydrogens (tertiary/aromatic N) is 2. The molecule has 0 amide bonds. The molecule has 1 aliphatic heterocycles. The molecule has 2 aliphatic rings. The minimum absolute atomic E-state index is 0.302. The summed E-state index contributed by atoms with van der Waals surface area (Å²) in [4.78, 5) is 2.59. The van der Waals surface area contributed by atoms with Gasteiger partial charge in [0.05, 0.1) is 6.07 Å². The van der Waals surface area contributed by atoms with Crippen molar-refractivity contribution in [3.8, 4) is 6.07 Å². The van der Waals surface area contributed by atoms with E-state index in [0.29, 0.717) is 6.04 Å². The summed E-state index contributed by atoms with van der Waals surface area (Å²) < 4.78 is 0. The lowest BCUT2D eigenvalue weighted by Gasteiger charge is -2.24. The third-order valence-electron chi connectivity index (χ3n) is 4.56. The van der Waals surface area contributed by atoms with Crippen LogP contribution in [0.2, 0.25) is 0 Å². The molecule has 19 heavy (non-hydrogen) atoms. The SMILES string of the molecule is CCCC1CCN(CCCC(C)(C#N)NC2CC2)C1. The molecule has 0 radical (unpaired) electrons. The summed E-state index contributed by atoms with van der Waals surface area (Å²) in [6, 6.07) is 3.09. The molecule has 0 aromatic rings. The number of nitrogens with one attached hydrogen (secondary N) is 1. The molecule has 0 spiro atoms. The first-order valence-electron chi connectivity index (χ1n) is 8.06. The summed E-state index contributed by atoms with van der Waals surface area (Å²) in [6.07, 6.45) is 8.71. The van der Waals surface area contributed by atoms with Gasteiger partial charge in [-0.2, -0.15) is 5.26 Å². The second kappa shape index (κ2) is 6.72. The van der Waals surface area contributed by atoms with Crippen LogP contribution in [0.4, 0.5) is 0 Å². The summed E-state index contributed by atoms with van der Waals surface area (Å²) in [5, 5.41) is 12.8. The Bertz CT molecular complexity index is 318. The number of likely N-dealkylation sites (tertiary alicyclic amines) is 1. The van der Waals surface area contributed by atoms with Crippen molar-refractivity contribution in [1.82, 2.24) is 10.2 Å². The van der Waals surface area contributed by atoms with E-state index in [1.165, 1.54) is 51.7 Å². The third kappa shape index (κ3) is 4.78. The summed E-state index contributed by atoms with van der Waals surface area (Å²) >= 11 is 0. The third-order valence-corrected chi connectivity index (χ3v) is 4.56. The Morgan fingerprint density at radius 2 is 2.16 bits per heavy atom. The molecule has 0 aromatic heterocycles. The van der Waals surface area contributed by atoms with Crippen LogP contribution >= 0.6 is 0 Å². The molecule has 1 saturated heterocycles. The highest BCUT2D eigenvalue weighted by Gasteiger charge is 2.32. The Morgan fingerprint density at radius 1 is 1.37 bits per heavy atom. The molecule has 3 heteroatoms. The number of hydrogen-bond acceptors (Lipinski definition) is 3. The molecule has 0 aromatic carbocycles. The fourth-order valence-electron chi connectivity index (χ4n) is 3.25. The Kier molecular flexibility index (Phi) is 5.24. The van der Waals surface area contributed by atoms with E-state index in [1.54, 1.807) is 0 Å². The van der Waals surface area contributed by atoms with Crippen molar-refractivity contribution >= 4 is 0 Å². The molecule has 108 valence electrons. The minimum atomic E-state index is -0.302. The molecular formula is C16H29N3. The average Bonchev–Trinajstić information content (AvgIpc) is 3.08. The van der Waals surface area contributed by atoms with Gasteiger partial charge in [0, 0.05) is 12.6 Å². The summed E-state index contributed by atoms with van der Waals surface area (Å²) in [5.74, 6) is 0.928. The van der Waals surface area contributed by atoms with Crippen LogP contribution in [0.5, 0.6) is 0 Å². The predicted octanol–water partition coefficient (Wildman–Crippen LogP) is 2.92. The molecule has 1 aliphatic carbocycles. The van der Waals surface area contributed by atoms with E-state index in [1.807, 2.05) is 0 Å². The maximum atomic E-state index is 9.34. The molecular weight excluding hydrogens is 234 g/mol. The topological polar surface area (TPSA) is 39.1 Å². The molecule has 2 unspecified atom stereocenters. The van der Waals surface area contributed by atoms with E-state index < -0.39 is 0 Å². The maximum Gasteiger partial charge on any atom is 0.104 e. The van der Waals surface area contributed by atoms with Crippen LogP contribution in [0.15, 0.2) is 0 Å². The quantitative estimate of drug-likeness (QED) is 0.732. The van der Waals surface area contributed by atoms with Gasteiger partial charge in [-0.3, -0.25) is 5.32 Å². The van der Waals surface area contributed by atoms with Gasteiger partial charge in [0.25, 0.3) is 0 Å². The van der Waals surface area contributed by atoms with Crippen molar-refractivity contribution < 1.29 is 0 Å². The van der Waals surface area contributed by atoms with E-state index in [9.17, 15) is 5.26 Å². The van der Waals surface area contributed by atoms with Crippen LogP contribution < -0.4 is 5.32 Å². The average molecular weight is 263 g/mol. The molecule has 3 nitrogen and oxygen atoms in total. The Morgan fingerprint density at radius 3 is 2.79 bits per heavy atom. The maximum absolute atomic E-state index is 9.34. The standard InChI is InChI=1S/C16H29N3/c1-3-5-14-8-11-19(12-14)10-4-9-16(2,13-17)18-15-6-7-15/h14-15,18H,3-12H2,1-2H3. The van der Waals surface area contributed by atoms with Crippen molar-refractivity contribution in [3.05, 3.63) is 0 Å². The lowest BCUT2D eigenvalue weighted by Crippen LogP contribution is -2.42. The van der Waals surface area contributed by atoms with Crippen LogP contribution in [-0.2, 0) is 0 Å². The highest BCUT2D eigenvalue weighted by atomic mass is 15.1. The van der Waals surface area contributed by atoms with Crippen molar-refractivity contribution in [2.45, 2.75) is 70.4 Å². The lowest BCUT2D eigenvalue weighted by atomic mass is 9.97.